The van der Waals surface area contributed by atoms with E-state index in [0.717, 1.165) is 31.9 Å². The first-order valence-electron chi connectivity index (χ1n) is 8.88. The van der Waals surface area contributed by atoms with Gasteiger partial charge in [0.25, 0.3) is 0 Å². The third kappa shape index (κ3) is 6.79. The van der Waals surface area contributed by atoms with Crippen LogP contribution in [0.5, 0.6) is 0 Å². The molecular weight excluding hydrogens is 326 g/mol. The van der Waals surface area contributed by atoms with Gasteiger partial charge in [-0.05, 0) is 47.5 Å². The summed E-state index contributed by atoms with van der Waals surface area (Å²) >= 11 is 0. The van der Waals surface area contributed by atoms with E-state index in [1.54, 1.807) is 0 Å². The Morgan fingerprint density at radius 3 is 2.67 bits per heavy atom. The number of nitrogens with zero attached hydrogens (tertiary/aromatic N) is 2. The lowest BCUT2D eigenvalue weighted by Gasteiger charge is -2.34. The largest absolute Gasteiger partial charge is 0.466 e. The fourth-order valence-corrected chi connectivity index (χ4v) is 3.46. The van der Waals surface area contributed by atoms with Gasteiger partial charge in [0.05, 0.1) is 19.1 Å². The van der Waals surface area contributed by atoms with Gasteiger partial charge >= 0.3 is 5.97 Å². The third-order valence-electron chi connectivity index (χ3n) is 3.90. The molecule has 140 valence electrons. The fourth-order valence-electron chi connectivity index (χ4n) is 2.59. The summed E-state index contributed by atoms with van der Waals surface area (Å²) in [5.41, 5.74) is 0. The Morgan fingerprint density at radius 2 is 2.08 bits per heavy atom. The van der Waals surface area contributed by atoms with E-state index >= 15 is 0 Å². The molecule has 1 heterocycles. The number of hydrogen-bond donors (Lipinski definition) is 1. The molecule has 2 unspecified atom stereocenters. The molecule has 24 heavy (non-hydrogen) atoms. The van der Waals surface area contributed by atoms with Crippen LogP contribution in [0.25, 0.3) is 0 Å². The molecule has 0 aromatic carbocycles. The van der Waals surface area contributed by atoms with Gasteiger partial charge < -0.3 is 15.0 Å². The third-order valence-corrected chi connectivity index (χ3v) is 5.82. The Balaban J connectivity index is 2.67. The van der Waals surface area contributed by atoms with E-state index in [2.05, 4.69) is 15.2 Å². The number of carbonyl (C=O) groups is 1. The van der Waals surface area contributed by atoms with Crippen LogP contribution in [0.15, 0.2) is 4.99 Å². The molecular formula is C17H33N3O3S. The van der Waals surface area contributed by atoms with Gasteiger partial charge in [0, 0.05) is 40.9 Å². The van der Waals surface area contributed by atoms with Gasteiger partial charge in [0.2, 0.25) is 0 Å². The highest BCUT2D eigenvalue weighted by Crippen LogP contribution is 2.18. The van der Waals surface area contributed by atoms with E-state index < -0.39 is 10.8 Å². The van der Waals surface area contributed by atoms with Crippen molar-refractivity contribution in [3.8, 4) is 0 Å². The van der Waals surface area contributed by atoms with E-state index in [9.17, 15) is 9.00 Å². The van der Waals surface area contributed by atoms with Crippen molar-refractivity contribution < 1.29 is 13.7 Å². The highest BCUT2D eigenvalue weighted by molar-refractivity contribution is 7.86. The Labute approximate surface area is 148 Å². The molecule has 0 spiro atoms. The molecule has 0 saturated carbocycles. The number of guanidine groups is 1. The second-order valence-electron chi connectivity index (χ2n) is 6.93. The smallest absolute Gasteiger partial charge is 0.310 e. The topological polar surface area (TPSA) is 71.0 Å². The zero-order valence-corrected chi connectivity index (χ0v) is 16.6. The van der Waals surface area contributed by atoms with Crippen molar-refractivity contribution in [2.75, 3.05) is 38.5 Å². The van der Waals surface area contributed by atoms with Crippen LogP contribution in [0, 0.1) is 5.92 Å². The van der Waals surface area contributed by atoms with Crippen molar-refractivity contribution in [1.82, 2.24) is 10.2 Å². The van der Waals surface area contributed by atoms with E-state index in [0.29, 0.717) is 25.4 Å². The summed E-state index contributed by atoms with van der Waals surface area (Å²) in [7, 11) is -0.907. The Kier molecular flexibility index (Phi) is 8.73. The SMILES string of the molecule is CCNC(=NCCS(=O)C(C)(C)C)N1CCCC(C(=O)OCC)C1. The summed E-state index contributed by atoms with van der Waals surface area (Å²) in [6.45, 7) is 13.0. The van der Waals surface area contributed by atoms with Crippen LogP contribution < -0.4 is 5.32 Å². The average Bonchev–Trinajstić information content (AvgIpc) is 2.53. The second kappa shape index (κ2) is 10.0. The molecule has 1 N–H and O–H groups in total. The molecule has 6 nitrogen and oxygen atoms in total. The number of hydrogen-bond acceptors (Lipinski definition) is 4. The van der Waals surface area contributed by atoms with Gasteiger partial charge in [0.15, 0.2) is 5.96 Å². The molecule has 0 amide bonds. The Bertz CT molecular complexity index is 460. The first-order valence-corrected chi connectivity index (χ1v) is 10.2. The average molecular weight is 360 g/mol. The molecule has 0 aliphatic carbocycles. The van der Waals surface area contributed by atoms with Crippen LogP contribution in [-0.2, 0) is 20.3 Å². The van der Waals surface area contributed by atoms with Gasteiger partial charge in [-0.1, -0.05) is 0 Å². The van der Waals surface area contributed by atoms with E-state index in [1.165, 1.54) is 0 Å². The number of piperidine rings is 1. The standard InChI is InChI=1S/C17H33N3O3S/c1-6-18-16(19-10-12-24(22)17(3,4)5)20-11-8-9-14(13-20)15(21)23-7-2/h14H,6-13H2,1-5H3,(H,18,19). The van der Waals surface area contributed by atoms with Crippen LogP contribution >= 0.6 is 0 Å². The first kappa shape index (κ1) is 20.9. The Morgan fingerprint density at radius 1 is 1.38 bits per heavy atom. The van der Waals surface area contributed by atoms with Crippen LogP contribution in [0.3, 0.4) is 0 Å². The van der Waals surface area contributed by atoms with Gasteiger partial charge in [-0.25, -0.2) is 0 Å². The predicted octanol–water partition coefficient (Wildman–Crippen LogP) is 1.77. The minimum absolute atomic E-state index is 0.0914. The van der Waals surface area contributed by atoms with E-state index in [1.807, 2.05) is 34.6 Å². The van der Waals surface area contributed by atoms with Crippen molar-refractivity contribution in [2.45, 2.75) is 52.2 Å². The highest BCUT2D eigenvalue weighted by Gasteiger charge is 2.28. The maximum absolute atomic E-state index is 12.1. The van der Waals surface area contributed by atoms with Gasteiger partial charge in [0.1, 0.15) is 0 Å². The summed E-state index contributed by atoms with van der Waals surface area (Å²) in [5, 5.41) is 3.28. The second-order valence-corrected chi connectivity index (χ2v) is 9.26. The monoisotopic (exact) mass is 359 g/mol. The number of esters is 1. The summed E-state index contributed by atoms with van der Waals surface area (Å²) < 4.78 is 17.1. The molecule has 1 saturated heterocycles. The van der Waals surface area contributed by atoms with Gasteiger partial charge in [-0.2, -0.15) is 0 Å². The number of carbonyl (C=O) groups excluding carboxylic acids is 1. The summed E-state index contributed by atoms with van der Waals surface area (Å²) in [6.07, 6.45) is 1.81. The van der Waals surface area contributed by atoms with Crippen molar-refractivity contribution in [1.29, 1.82) is 0 Å². The van der Waals surface area contributed by atoms with Crippen LogP contribution in [0.4, 0.5) is 0 Å². The van der Waals surface area contributed by atoms with Gasteiger partial charge in [-0.15, -0.1) is 0 Å². The molecule has 2 atom stereocenters. The molecule has 0 aromatic rings. The minimum Gasteiger partial charge on any atom is -0.466 e. The molecule has 7 heteroatoms. The quantitative estimate of drug-likeness (QED) is 0.445. The van der Waals surface area contributed by atoms with Crippen molar-refractivity contribution in [2.24, 2.45) is 10.9 Å². The summed E-state index contributed by atoms with van der Waals surface area (Å²) in [6, 6.07) is 0. The van der Waals surface area contributed by atoms with Gasteiger partial charge in [-0.3, -0.25) is 14.0 Å². The highest BCUT2D eigenvalue weighted by atomic mass is 32.2. The predicted molar refractivity (Wildman–Crippen MR) is 99.7 cm³/mol. The molecule has 0 bridgehead atoms. The molecule has 1 aliphatic heterocycles. The summed E-state index contributed by atoms with van der Waals surface area (Å²) in [4.78, 5) is 18.7. The number of ether oxygens (including phenoxy) is 1. The molecule has 1 rings (SSSR count). The minimum atomic E-state index is -0.907. The van der Waals surface area contributed by atoms with Crippen LogP contribution in [0.1, 0.15) is 47.5 Å². The number of nitrogens with one attached hydrogen (secondary N) is 1. The lowest BCUT2D eigenvalue weighted by atomic mass is 9.98. The zero-order chi connectivity index (χ0) is 18.2. The molecule has 0 radical (unpaired) electrons. The van der Waals surface area contributed by atoms with E-state index in [-0.39, 0.29) is 16.6 Å². The lowest BCUT2D eigenvalue weighted by molar-refractivity contribution is -0.149. The molecule has 0 aromatic heterocycles. The van der Waals surface area contributed by atoms with Crippen molar-refractivity contribution in [3.63, 3.8) is 0 Å². The first-order chi connectivity index (χ1) is 11.3. The normalized spacial score (nSPS) is 20.6. The molecule has 1 aliphatic rings. The van der Waals surface area contributed by atoms with Crippen LogP contribution in [0.2, 0.25) is 0 Å². The maximum Gasteiger partial charge on any atom is 0.310 e. The maximum atomic E-state index is 12.1. The Hall–Kier alpha value is -1.11. The number of aliphatic imine (C=N–C) groups is 1. The number of rotatable bonds is 6. The van der Waals surface area contributed by atoms with Crippen molar-refractivity contribution in [3.05, 3.63) is 0 Å². The fraction of sp³-hybridized carbons (Fsp3) is 0.882. The number of likely N-dealkylation sites (tertiary alicyclic amines) is 1. The van der Waals surface area contributed by atoms with Crippen molar-refractivity contribution >= 4 is 22.7 Å². The lowest BCUT2D eigenvalue weighted by Crippen LogP contribution is -2.48. The molecule has 1 fully saturated rings. The summed E-state index contributed by atoms with van der Waals surface area (Å²) in [5.74, 6) is 1.14. The van der Waals surface area contributed by atoms with E-state index in [4.69, 9.17) is 4.74 Å². The van der Waals surface area contributed by atoms with Crippen LogP contribution in [-0.4, -0.2) is 64.3 Å². The zero-order valence-electron chi connectivity index (χ0n) is 15.8.